The van der Waals surface area contributed by atoms with Gasteiger partial charge in [-0.05, 0) is 61.7 Å². The molecule has 0 saturated carbocycles. The topological polar surface area (TPSA) is 78.9 Å². The molecule has 1 aliphatic rings. The predicted molar refractivity (Wildman–Crippen MR) is 116 cm³/mol. The van der Waals surface area contributed by atoms with Crippen molar-refractivity contribution in [3.05, 3.63) is 76.7 Å². The molecule has 0 atom stereocenters. The summed E-state index contributed by atoms with van der Waals surface area (Å²) in [5.74, 6) is -1.92. The van der Waals surface area contributed by atoms with E-state index in [1.165, 1.54) is 6.07 Å². The first kappa shape index (κ1) is 22.5. The lowest BCUT2D eigenvalue weighted by molar-refractivity contribution is -0.132. The summed E-state index contributed by atoms with van der Waals surface area (Å²) < 4.78 is 19.8. The van der Waals surface area contributed by atoms with Gasteiger partial charge in [-0.25, -0.2) is 14.0 Å². The molecule has 7 heteroatoms. The highest BCUT2D eigenvalue weighted by molar-refractivity contribution is 5.95. The lowest BCUT2D eigenvalue weighted by Gasteiger charge is -2.38. The van der Waals surface area contributed by atoms with Crippen molar-refractivity contribution in [2.45, 2.75) is 31.8 Å². The molecular weight excluding hydrogens is 399 g/mol. The van der Waals surface area contributed by atoms with E-state index >= 15 is 0 Å². The zero-order valence-electron chi connectivity index (χ0n) is 17.7. The summed E-state index contributed by atoms with van der Waals surface area (Å²) in [5, 5.41) is 11.6. The minimum Gasteiger partial charge on any atom is -0.477 e. The fourth-order valence-electron chi connectivity index (χ4n) is 3.60. The van der Waals surface area contributed by atoms with Gasteiger partial charge in [0, 0.05) is 5.56 Å². The van der Waals surface area contributed by atoms with Crippen LogP contribution in [-0.2, 0) is 21.6 Å². The first-order valence-electron chi connectivity index (χ1n) is 10.2. The molecular formula is C24H27FN2O4. The molecule has 0 aromatic heterocycles. The molecule has 1 aliphatic heterocycles. The van der Waals surface area contributed by atoms with Crippen molar-refractivity contribution in [1.82, 2.24) is 10.2 Å². The van der Waals surface area contributed by atoms with Gasteiger partial charge in [-0.15, -0.1) is 0 Å². The van der Waals surface area contributed by atoms with E-state index in [-0.39, 0.29) is 17.6 Å². The van der Waals surface area contributed by atoms with Gasteiger partial charge >= 0.3 is 12.1 Å². The van der Waals surface area contributed by atoms with Crippen LogP contribution in [0, 0.1) is 5.82 Å². The average Bonchev–Trinajstić information content (AvgIpc) is 2.76. The normalized spacial score (nSPS) is 16.5. The Labute approximate surface area is 181 Å². The summed E-state index contributed by atoms with van der Waals surface area (Å²) in [6.45, 7) is 4.00. The minimum atomic E-state index is -1.39. The molecule has 1 amide bonds. The molecule has 164 valence electrons. The van der Waals surface area contributed by atoms with E-state index in [2.05, 4.69) is 24.2 Å². The van der Waals surface area contributed by atoms with Crippen LogP contribution in [0.3, 0.4) is 0 Å². The maximum atomic E-state index is 14.8. The van der Waals surface area contributed by atoms with Gasteiger partial charge in [0.25, 0.3) is 0 Å². The number of alkyl carbamates (subject to hydrolysis) is 1. The summed E-state index contributed by atoms with van der Waals surface area (Å²) in [4.78, 5) is 25.8. The molecule has 0 spiro atoms. The molecule has 0 unspecified atom stereocenters. The zero-order valence-corrected chi connectivity index (χ0v) is 17.7. The number of amides is 1. The monoisotopic (exact) mass is 426 g/mol. The number of ether oxygens (including phenoxy) is 1. The zero-order chi connectivity index (χ0) is 22.4. The van der Waals surface area contributed by atoms with Crippen LogP contribution in [0.4, 0.5) is 9.18 Å². The molecule has 2 N–H and O–H groups in total. The van der Waals surface area contributed by atoms with Crippen LogP contribution in [0.15, 0.2) is 54.2 Å². The van der Waals surface area contributed by atoms with Gasteiger partial charge in [-0.2, -0.15) is 0 Å². The number of nitrogens with zero attached hydrogens (tertiary/aromatic N) is 1. The van der Waals surface area contributed by atoms with Crippen LogP contribution in [0.5, 0.6) is 0 Å². The van der Waals surface area contributed by atoms with Crippen LogP contribution in [-0.4, -0.2) is 42.2 Å². The molecule has 1 saturated heterocycles. The number of piperidine rings is 1. The first-order chi connectivity index (χ1) is 14.8. The Morgan fingerprint density at radius 2 is 1.87 bits per heavy atom. The quantitative estimate of drug-likeness (QED) is 0.678. The third-order valence-electron chi connectivity index (χ3n) is 5.77. The van der Waals surface area contributed by atoms with Crippen molar-refractivity contribution >= 4 is 18.1 Å². The smallest absolute Gasteiger partial charge is 0.412 e. The molecule has 2 aromatic rings. The molecule has 1 fully saturated rings. The van der Waals surface area contributed by atoms with Crippen molar-refractivity contribution in [1.29, 1.82) is 0 Å². The van der Waals surface area contributed by atoms with E-state index in [0.29, 0.717) is 0 Å². The second kappa shape index (κ2) is 9.75. The Kier molecular flexibility index (Phi) is 7.07. The van der Waals surface area contributed by atoms with Gasteiger partial charge < -0.3 is 14.7 Å². The van der Waals surface area contributed by atoms with Gasteiger partial charge in [0.2, 0.25) is 0 Å². The number of carboxylic acid groups (broad SMARTS) is 1. The van der Waals surface area contributed by atoms with Crippen molar-refractivity contribution in [2.24, 2.45) is 0 Å². The maximum absolute atomic E-state index is 14.8. The van der Waals surface area contributed by atoms with Crippen molar-refractivity contribution < 1.29 is 23.8 Å². The molecule has 2 aromatic carbocycles. The molecule has 6 nitrogen and oxygen atoms in total. The highest BCUT2D eigenvalue weighted by atomic mass is 19.1. The summed E-state index contributed by atoms with van der Waals surface area (Å²) in [5.41, 5.74) is 1.16. The number of carboxylic acids is 1. The Hall–Kier alpha value is -3.19. The Bertz CT molecular complexity index is 967. The summed E-state index contributed by atoms with van der Waals surface area (Å²) in [7, 11) is 2.07. The number of hydrogen-bond donors (Lipinski definition) is 2. The number of hydrogen-bond acceptors (Lipinski definition) is 4. The third kappa shape index (κ3) is 5.92. The highest BCUT2D eigenvalue weighted by Gasteiger charge is 2.31. The number of carbonyl (C=O) groups excluding carboxylic acids is 1. The Balaban J connectivity index is 1.71. The van der Waals surface area contributed by atoms with Crippen LogP contribution in [0.25, 0.3) is 6.08 Å². The van der Waals surface area contributed by atoms with Crippen molar-refractivity contribution in [3.8, 4) is 0 Å². The summed E-state index contributed by atoms with van der Waals surface area (Å²) in [6, 6.07) is 13.8. The van der Waals surface area contributed by atoms with Crippen molar-refractivity contribution in [2.75, 3.05) is 20.1 Å². The predicted octanol–water partition coefficient (Wildman–Crippen LogP) is 4.16. The van der Waals surface area contributed by atoms with Gasteiger partial charge in [0.05, 0.1) is 0 Å². The average molecular weight is 426 g/mol. The Morgan fingerprint density at radius 3 is 2.48 bits per heavy atom. The van der Waals surface area contributed by atoms with Gasteiger partial charge in [0.1, 0.15) is 18.1 Å². The van der Waals surface area contributed by atoms with Gasteiger partial charge in [-0.3, -0.25) is 5.32 Å². The van der Waals surface area contributed by atoms with Gasteiger partial charge in [0.15, 0.2) is 0 Å². The van der Waals surface area contributed by atoms with Crippen LogP contribution >= 0.6 is 0 Å². The Morgan fingerprint density at radius 1 is 1.19 bits per heavy atom. The van der Waals surface area contributed by atoms with E-state index in [1.807, 2.05) is 12.1 Å². The number of halogens is 1. The second-order valence-corrected chi connectivity index (χ2v) is 8.15. The lowest BCUT2D eigenvalue weighted by Crippen LogP contribution is -2.38. The van der Waals surface area contributed by atoms with Crippen LogP contribution in [0.2, 0.25) is 0 Å². The van der Waals surface area contributed by atoms with E-state index in [0.717, 1.165) is 43.1 Å². The molecule has 31 heavy (non-hydrogen) atoms. The number of nitrogens with one attached hydrogen (secondary N) is 1. The fraction of sp³-hybridized carbons (Fsp3) is 0.333. The summed E-state index contributed by atoms with van der Waals surface area (Å²) in [6.07, 6.45) is 2.02. The number of carbonyl (C=O) groups is 2. The molecule has 0 bridgehead atoms. The number of aliphatic carboxylic acids is 1. The van der Waals surface area contributed by atoms with E-state index in [4.69, 9.17) is 4.74 Å². The molecule has 1 heterocycles. The first-order valence-corrected chi connectivity index (χ1v) is 10.2. The molecule has 0 aliphatic carbocycles. The van der Waals surface area contributed by atoms with Crippen LogP contribution in [0.1, 0.15) is 36.5 Å². The second-order valence-electron chi connectivity index (χ2n) is 8.15. The van der Waals surface area contributed by atoms with E-state index < -0.39 is 23.6 Å². The largest absolute Gasteiger partial charge is 0.477 e. The van der Waals surface area contributed by atoms with Crippen molar-refractivity contribution in [3.63, 3.8) is 0 Å². The molecule has 3 rings (SSSR count). The highest BCUT2D eigenvalue weighted by Crippen LogP contribution is 2.35. The van der Waals surface area contributed by atoms with E-state index in [9.17, 15) is 19.1 Å². The van der Waals surface area contributed by atoms with Gasteiger partial charge in [-0.1, -0.05) is 49.4 Å². The maximum Gasteiger partial charge on any atom is 0.412 e. The third-order valence-corrected chi connectivity index (χ3v) is 5.77. The minimum absolute atomic E-state index is 0.00357. The fourth-order valence-corrected chi connectivity index (χ4v) is 3.60. The molecule has 0 radical (unpaired) electrons. The summed E-state index contributed by atoms with van der Waals surface area (Å²) >= 11 is 0. The van der Waals surface area contributed by atoms with Crippen LogP contribution < -0.4 is 5.32 Å². The lowest BCUT2D eigenvalue weighted by atomic mass is 9.74. The standard InChI is InChI=1S/C24H27FN2O4/c1-24(10-12-27(2)13-11-24)19-9-8-18(20(25)15-19)14-21(22(28)29)26-23(30)31-16-17-6-4-3-5-7-17/h3-9,14-15H,10-13,16H2,1-2H3,(H,26,30)(H,28,29)/b21-14+. The number of benzene rings is 2. The number of likely N-dealkylation sites (tertiary alicyclic amines) is 1. The SMILES string of the molecule is CN1CCC(C)(c2ccc(/C=C(/NC(=O)OCc3ccccc3)C(=O)O)c(F)c2)CC1. The number of rotatable bonds is 6. The van der Waals surface area contributed by atoms with E-state index in [1.54, 1.807) is 30.3 Å².